The Morgan fingerprint density at radius 2 is 1.33 bits per heavy atom. The molecule has 0 aliphatic heterocycles. The summed E-state index contributed by atoms with van der Waals surface area (Å²) < 4.78 is 0. The van der Waals surface area contributed by atoms with Gasteiger partial charge < -0.3 is 30.4 Å². The molecule has 0 radical (unpaired) electrons. The highest BCUT2D eigenvalue weighted by Crippen LogP contribution is 2.08. The van der Waals surface area contributed by atoms with Crippen molar-refractivity contribution < 1.29 is 25.5 Å². The lowest BCUT2D eigenvalue weighted by Gasteiger charge is -2.28. The van der Waals surface area contributed by atoms with E-state index in [2.05, 4.69) is 6.92 Å². The Labute approximate surface area is 128 Å². The molecule has 0 aromatic heterocycles. The lowest BCUT2D eigenvalue weighted by Crippen LogP contribution is -2.49. The van der Waals surface area contributed by atoms with Crippen LogP contribution < -0.4 is 0 Å². The highest BCUT2D eigenvalue weighted by Gasteiger charge is 2.30. The second-order valence-electron chi connectivity index (χ2n) is 5.83. The summed E-state index contributed by atoms with van der Waals surface area (Å²) in [6, 6.07) is 0. The molecule has 0 saturated heterocycles. The molecule has 128 valence electrons. The molecule has 0 spiro atoms. The molecule has 0 fully saturated rings. The fraction of sp³-hybridized carbons (Fsp3) is 1.00. The van der Waals surface area contributed by atoms with Crippen LogP contribution >= 0.6 is 0 Å². The summed E-state index contributed by atoms with van der Waals surface area (Å²) in [7, 11) is 1.84. The first-order valence-corrected chi connectivity index (χ1v) is 7.95. The van der Waals surface area contributed by atoms with E-state index in [1.54, 1.807) is 0 Å². The van der Waals surface area contributed by atoms with Gasteiger partial charge in [0.25, 0.3) is 0 Å². The van der Waals surface area contributed by atoms with Crippen LogP contribution in [0.2, 0.25) is 0 Å². The summed E-state index contributed by atoms with van der Waals surface area (Å²) in [6.07, 6.45) is 1.52. The SMILES string of the molecule is CCCCCCCCN(C)CC(O)C(O)C(O)C(O)CO. The molecule has 4 atom stereocenters. The van der Waals surface area contributed by atoms with E-state index in [1.807, 2.05) is 11.9 Å². The number of aliphatic hydroxyl groups excluding tert-OH is 5. The molecule has 6 heteroatoms. The smallest absolute Gasteiger partial charge is 0.111 e. The van der Waals surface area contributed by atoms with Crippen molar-refractivity contribution in [2.75, 3.05) is 26.7 Å². The van der Waals surface area contributed by atoms with E-state index in [-0.39, 0.29) is 6.54 Å². The zero-order valence-corrected chi connectivity index (χ0v) is 13.4. The van der Waals surface area contributed by atoms with Crippen LogP contribution in [0.1, 0.15) is 45.4 Å². The highest BCUT2D eigenvalue weighted by atomic mass is 16.4. The van der Waals surface area contributed by atoms with Crippen LogP contribution in [-0.4, -0.2) is 81.6 Å². The number of hydrogen-bond donors (Lipinski definition) is 5. The minimum atomic E-state index is -1.55. The highest BCUT2D eigenvalue weighted by molar-refractivity contribution is 4.81. The maximum Gasteiger partial charge on any atom is 0.111 e. The van der Waals surface area contributed by atoms with Crippen LogP contribution in [0, 0.1) is 0 Å². The Morgan fingerprint density at radius 1 is 0.810 bits per heavy atom. The van der Waals surface area contributed by atoms with Gasteiger partial charge in [0, 0.05) is 6.54 Å². The van der Waals surface area contributed by atoms with Gasteiger partial charge in [0.1, 0.15) is 18.3 Å². The predicted octanol–water partition coefficient (Wildman–Crippen LogP) is -0.285. The molecule has 0 rings (SSSR count). The maximum absolute atomic E-state index is 9.83. The zero-order valence-electron chi connectivity index (χ0n) is 13.4. The topological polar surface area (TPSA) is 104 Å². The molecule has 5 N–H and O–H groups in total. The second-order valence-corrected chi connectivity index (χ2v) is 5.83. The van der Waals surface area contributed by atoms with E-state index >= 15 is 0 Å². The number of unbranched alkanes of at least 4 members (excludes halogenated alkanes) is 5. The van der Waals surface area contributed by atoms with Crippen molar-refractivity contribution in [2.24, 2.45) is 0 Å². The van der Waals surface area contributed by atoms with Gasteiger partial charge in [0.15, 0.2) is 0 Å². The first kappa shape index (κ1) is 20.8. The molecule has 0 heterocycles. The third-order valence-corrected chi connectivity index (χ3v) is 3.72. The molecule has 0 amide bonds. The van der Waals surface area contributed by atoms with Gasteiger partial charge in [-0.15, -0.1) is 0 Å². The molecule has 6 nitrogen and oxygen atoms in total. The third-order valence-electron chi connectivity index (χ3n) is 3.72. The summed E-state index contributed by atoms with van der Waals surface area (Å²) in [4.78, 5) is 1.89. The first-order chi connectivity index (χ1) is 9.93. The van der Waals surface area contributed by atoms with E-state index < -0.39 is 31.0 Å². The largest absolute Gasteiger partial charge is 0.394 e. The summed E-state index contributed by atoms with van der Waals surface area (Å²) in [5, 5.41) is 47.0. The van der Waals surface area contributed by atoms with E-state index in [0.717, 1.165) is 19.4 Å². The van der Waals surface area contributed by atoms with Crippen LogP contribution in [-0.2, 0) is 0 Å². The maximum atomic E-state index is 9.83. The zero-order chi connectivity index (χ0) is 16.3. The Bertz CT molecular complexity index is 242. The summed E-state index contributed by atoms with van der Waals surface area (Å²) in [5.41, 5.74) is 0. The van der Waals surface area contributed by atoms with Gasteiger partial charge in [-0.1, -0.05) is 39.0 Å². The minimum Gasteiger partial charge on any atom is -0.394 e. The fourth-order valence-corrected chi connectivity index (χ4v) is 2.24. The van der Waals surface area contributed by atoms with E-state index in [0.29, 0.717) is 0 Å². The molecule has 0 saturated carbocycles. The Hall–Kier alpha value is -0.240. The number of hydrogen-bond acceptors (Lipinski definition) is 6. The Morgan fingerprint density at radius 3 is 1.90 bits per heavy atom. The van der Waals surface area contributed by atoms with Crippen molar-refractivity contribution in [2.45, 2.75) is 69.9 Å². The normalized spacial score (nSPS) is 17.7. The quantitative estimate of drug-likeness (QED) is 0.300. The molecule has 0 aromatic carbocycles. The van der Waals surface area contributed by atoms with Gasteiger partial charge in [0.05, 0.1) is 12.7 Å². The second kappa shape index (κ2) is 12.3. The van der Waals surface area contributed by atoms with E-state index in [1.165, 1.54) is 25.7 Å². The van der Waals surface area contributed by atoms with Crippen molar-refractivity contribution in [1.29, 1.82) is 0 Å². The number of aliphatic hydroxyl groups is 5. The molecule has 4 unspecified atom stereocenters. The summed E-state index contributed by atoms with van der Waals surface area (Å²) in [6.45, 7) is 2.56. The summed E-state index contributed by atoms with van der Waals surface area (Å²) in [5.74, 6) is 0. The molecule has 21 heavy (non-hydrogen) atoms. The van der Waals surface area contributed by atoms with Crippen molar-refractivity contribution >= 4 is 0 Å². The molecular formula is C15H33NO5. The molecule has 0 aliphatic rings. The monoisotopic (exact) mass is 307 g/mol. The molecule has 0 aromatic rings. The van der Waals surface area contributed by atoms with Crippen LogP contribution in [0.25, 0.3) is 0 Å². The number of rotatable bonds is 13. The Kier molecular flexibility index (Phi) is 12.2. The minimum absolute atomic E-state index is 0.214. The lowest BCUT2D eigenvalue weighted by atomic mass is 10.0. The van der Waals surface area contributed by atoms with Crippen molar-refractivity contribution in [1.82, 2.24) is 4.90 Å². The molecular weight excluding hydrogens is 274 g/mol. The van der Waals surface area contributed by atoms with Crippen LogP contribution in [0.4, 0.5) is 0 Å². The average molecular weight is 307 g/mol. The summed E-state index contributed by atoms with van der Waals surface area (Å²) >= 11 is 0. The lowest BCUT2D eigenvalue weighted by molar-refractivity contribution is -0.118. The molecule has 0 aliphatic carbocycles. The van der Waals surface area contributed by atoms with Gasteiger partial charge in [0.2, 0.25) is 0 Å². The van der Waals surface area contributed by atoms with Crippen molar-refractivity contribution in [3.63, 3.8) is 0 Å². The number of likely N-dealkylation sites (N-methyl/N-ethyl adjacent to an activating group) is 1. The van der Waals surface area contributed by atoms with Gasteiger partial charge >= 0.3 is 0 Å². The van der Waals surface area contributed by atoms with E-state index in [9.17, 15) is 20.4 Å². The third kappa shape index (κ3) is 9.39. The average Bonchev–Trinajstić information content (AvgIpc) is 2.48. The van der Waals surface area contributed by atoms with Crippen LogP contribution in [0.3, 0.4) is 0 Å². The van der Waals surface area contributed by atoms with Gasteiger partial charge in [-0.05, 0) is 20.0 Å². The first-order valence-electron chi connectivity index (χ1n) is 7.95. The van der Waals surface area contributed by atoms with Crippen LogP contribution in [0.5, 0.6) is 0 Å². The van der Waals surface area contributed by atoms with E-state index in [4.69, 9.17) is 5.11 Å². The van der Waals surface area contributed by atoms with Crippen molar-refractivity contribution in [3.05, 3.63) is 0 Å². The fourth-order valence-electron chi connectivity index (χ4n) is 2.24. The van der Waals surface area contributed by atoms with Crippen LogP contribution in [0.15, 0.2) is 0 Å². The number of nitrogens with zero attached hydrogens (tertiary/aromatic N) is 1. The predicted molar refractivity (Wildman–Crippen MR) is 82.0 cm³/mol. The van der Waals surface area contributed by atoms with Gasteiger partial charge in [-0.2, -0.15) is 0 Å². The van der Waals surface area contributed by atoms with Gasteiger partial charge in [-0.3, -0.25) is 0 Å². The van der Waals surface area contributed by atoms with Crippen molar-refractivity contribution in [3.8, 4) is 0 Å². The molecule has 0 bridgehead atoms. The standard InChI is InChI=1S/C15H33NO5/c1-3-4-5-6-7-8-9-16(2)10-12(18)14(20)15(21)13(19)11-17/h12-15,17-21H,3-11H2,1-2H3. The van der Waals surface area contributed by atoms with Gasteiger partial charge in [-0.25, -0.2) is 0 Å². The Balaban J connectivity index is 3.84.